The Hall–Kier alpha value is -9.65. The molecule has 3 aliphatic rings. The van der Waals surface area contributed by atoms with Crippen molar-refractivity contribution in [2.75, 3.05) is 59.6 Å². The fourth-order valence-corrected chi connectivity index (χ4v) is 10.6. The molecule has 3 aromatic heterocycles. The number of likely N-dealkylation sites (N-methyl/N-ethyl adjacent to an activating group) is 2. The minimum Gasteiger partial charge on any atom is -0.507 e. The molecule has 7 aromatic rings. The summed E-state index contributed by atoms with van der Waals surface area (Å²) in [6.45, 7) is 1.53. The number of amides is 3. The second-order valence-corrected chi connectivity index (χ2v) is 20.5. The molecule has 1 unspecified atom stereocenters. The van der Waals surface area contributed by atoms with Gasteiger partial charge < -0.3 is 48.8 Å². The molecule has 1 aliphatic carbocycles. The van der Waals surface area contributed by atoms with E-state index in [4.69, 9.17) is 28.9 Å². The summed E-state index contributed by atoms with van der Waals surface area (Å²) in [5.41, 5.74) is 5.21. The summed E-state index contributed by atoms with van der Waals surface area (Å²) >= 11 is 0. The lowest BCUT2D eigenvalue weighted by molar-refractivity contribution is -0.686. The Morgan fingerprint density at radius 1 is 0.902 bits per heavy atom. The van der Waals surface area contributed by atoms with Crippen LogP contribution < -0.4 is 33.7 Å². The van der Waals surface area contributed by atoms with Crippen molar-refractivity contribution < 1.29 is 57.3 Å². The fourth-order valence-electron chi connectivity index (χ4n) is 10.6. The summed E-state index contributed by atoms with van der Waals surface area (Å²) in [6.07, 6.45) is 9.31. The van der Waals surface area contributed by atoms with E-state index in [9.17, 15) is 29.1 Å². The van der Waals surface area contributed by atoms with Crippen LogP contribution in [0.25, 0.3) is 33.1 Å². The van der Waals surface area contributed by atoms with Crippen LogP contribution in [0.5, 0.6) is 28.7 Å². The molecule has 0 radical (unpaired) electrons. The molecule has 5 heterocycles. The number of ketones is 1. The number of azo groups is 1. The number of anilines is 1. The van der Waals surface area contributed by atoms with Crippen LogP contribution in [0.2, 0.25) is 0 Å². The van der Waals surface area contributed by atoms with E-state index in [1.165, 1.54) is 51.6 Å². The lowest BCUT2D eigenvalue weighted by Gasteiger charge is -2.35. The van der Waals surface area contributed by atoms with Crippen LogP contribution in [0.15, 0.2) is 108 Å². The van der Waals surface area contributed by atoms with Gasteiger partial charge in [0.05, 0.1) is 52.9 Å². The number of phenolic OH excluding ortho intramolecular Hbond substituents is 1. The number of hydrogen-bond donors (Lipinski definition) is 2. The molecule has 4 aromatic carbocycles. The topological polar surface area (TPSA) is 257 Å². The third kappa shape index (κ3) is 12.2. The number of nitriles is 1. The molecule has 1 fully saturated rings. The standard InChI is InChI=1S/C60H61N11O11/c1-67(59(76)71-25-21-44-56(63-35-64-57(44)71)69(3)43-9-7-8-40(28-43)49(72)19-22-61)26-27-68(2)60(77)79-34-37-11-14-41(15-12-37)65-66-42-16-17-50(73)46(31-42)58(75)62-23-6-5-10-54(74)82-55-47-33-70-24-20-39-30-52-53(81-36-80-52)32-45(39)48(70)29-38(47)13-18-51(55)78-4/h11-18,21,25,29-33,35,40,43H,5-10,19-20,23-24,26-28,34,36H2,1-4H3,(H-,62,65,73,75)/p+1/t40?,43-/m0/s1. The van der Waals surface area contributed by atoms with E-state index in [0.717, 1.165) is 60.0 Å². The number of Topliss-reactive ketones (excluding diaryl/α,β-unsaturated/α-hetero) is 1. The highest BCUT2D eigenvalue weighted by atomic mass is 16.7. The number of aromatic nitrogens is 4. The van der Waals surface area contributed by atoms with Crippen LogP contribution in [0.4, 0.5) is 26.8 Å². The van der Waals surface area contributed by atoms with Gasteiger partial charge in [0, 0.05) is 77.8 Å². The van der Waals surface area contributed by atoms with Crippen molar-refractivity contribution in [3.05, 3.63) is 114 Å². The van der Waals surface area contributed by atoms with Crippen molar-refractivity contribution in [2.24, 2.45) is 16.1 Å². The van der Waals surface area contributed by atoms with Crippen molar-refractivity contribution in [2.45, 2.75) is 77.0 Å². The van der Waals surface area contributed by atoms with Gasteiger partial charge in [-0.05, 0) is 109 Å². The van der Waals surface area contributed by atoms with E-state index in [-0.39, 0.29) is 81.0 Å². The summed E-state index contributed by atoms with van der Waals surface area (Å²) < 4.78 is 32.0. The van der Waals surface area contributed by atoms with Crippen LogP contribution >= 0.6 is 0 Å². The monoisotopic (exact) mass is 1110 g/mol. The molecule has 422 valence electrons. The summed E-state index contributed by atoms with van der Waals surface area (Å²) in [5.74, 6) is 1.51. The number of benzene rings is 4. The fraction of sp³-hybridized carbons (Fsp3) is 0.350. The number of methoxy groups -OCH3 is 1. The molecule has 0 bridgehead atoms. The first-order chi connectivity index (χ1) is 39.8. The van der Waals surface area contributed by atoms with Gasteiger partial charge in [-0.25, -0.2) is 19.6 Å². The maximum absolute atomic E-state index is 13.6. The Morgan fingerprint density at radius 2 is 1.68 bits per heavy atom. The molecule has 3 amide bonds. The number of fused-ring (bicyclic) bond motifs is 6. The number of nitrogens with zero attached hydrogens (tertiary/aromatic N) is 10. The predicted molar refractivity (Wildman–Crippen MR) is 300 cm³/mol. The average Bonchev–Trinajstić information content (AvgIpc) is 4.21. The third-order valence-electron chi connectivity index (χ3n) is 15.2. The molecular weight excluding hydrogens is 1050 g/mol. The van der Waals surface area contributed by atoms with Crippen molar-refractivity contribution in [1.82, 2.24) is 29.7 Å². The first-order valence-electron chi connectivity index (χ1n) is 27.1. The van der Waals surface area contributed by atoms with Gasteiger partial charge in [0.1, 0.15) is 30.3 Å². The lowest BCUT2D eigenvalue weighted by Crippen LogP contribution is -2.40. The second kappa shape index (κ2) is 24.8. The first-order valence-corrected chi connectivity index (χ1v) is 27.1. The highest BCUT2D eigenvalue weighted by Crippen LogP contribution is 2.42. The Labute approximate surface area is 472 Å². The number of aromatic hydroxyl groups is 1. The largest absolute Gasteiger partial charge is 0.507 e. The number of unbranched alkanes of at least 4 members (excludes halogenated alkanes) is 1. The van der Waals surface area contributed by atoms with Gasteiger partial charge in [-0.15, -0.1) is 0 Å². The number of carbonyl (C=O) groups excluding carboxylic acids is 5. The van der Waals surface area contributed by atoms with Gasteiger partial charge in [0.25, 0.3) is 5.91 Å². The van der Waals surface area contributed by atoms with Crippen LogP contribution in [0.1, 0.15) is 72.9 Å². The van der Waals surface area contributed by atoms with Crippen LogP contribution in [-0.4, -0.2) is 120 Å². The minimum absolute atomic E-state index is 0.0103. The first kappa shape index (κ1) is 55.7. The smallest absolute Gasteiger partial charge is 0.409 e. The molecule has 2 N–H and O–H groups in total. The van der Waals surface area contributed by atoms with Crippen molar-refractivity contribution in [3.8, 4) is 46.1 Å². The summed E-state index contributed by atoms with van der Waals surface area (Å²) in [5, 5.41) is 33.2. The van der Waals surface area contributed by atoms with Gasteiger partial charge in [-0.1, -0.05) is 18.6 Å². The Morgan fingerprint density at radius 3 is 2.49 bits per heavy atom. The van der Waals surface area contributed by atoms with Gasteiger partial charge in [0.2, 0.25) is 12.5 Å². The Kier molecular flexibility index (Phi) is 16.8. The Balaban J connectivity index is 0.652. The summed E-state index contributed by atoms with van der Waals surface area (Å²) in [7, 11) is 6.68. The summed E-state index contributed by atoms with van der Waals surface area (Å²) in [6, 6.07) is 24.5. The predicted octanol–water partition coefficient (Wildman–Crippen LogP) is 9.11. The van der Waals surface area contributed by atoms with Gasteiger partial charge in [0.15, 0.2) is 41.4 Å². The van der Waals surface area contributed by atoms with Crippen molar-refractivity contribution in [1.29, 1.82) is 5.26 Å². The van der Waals surface area contributed by atoms with Crippen LogP contribution in [0, 0.1) is 17.2 Å². The SMILES string of the molecule is COc1ccc2cc3[n+](cc2c1OC(=O)CCCCNC(=O)c1cc(/N=N/c2ccc(COC(=O)N(C)CCN(C)C(=O)n4ccc5c(N(C)[C@H]6CCCC(C(=O)CC#N)C6)ncnc54)cc2)ccc1O)CCc1cc2c(cc1-3)OCO2. The van der Waals surface area contributed by atoms with Crippen LogP contribution in [0.3, 0.4) is 0 Å². The van der Waals surface area contributed by atoms with E-state index in [1.807, 2.05) is 42.4 Å². The second-order valence-electron chi connectivity index (χ2n) is 20.5. The van der Waals surface area contributed by atoms with Gasteiger partial charge in [-0.2, -0.15) is 20.1 Å². The number of phenols is 1. The molecule has 22 heteroatoms. The quantitative estimate of drug-likeness (QED) is 0.0252. The van der Waals surface area contributed by atoms with E-state index < -0.39 is 18.0 Å². The van der Waals surface area contributed by atoms with Crippen LogP contribution in [-0.2, 0) is 33.9 Å². The number of rotatable bonds is 19. The molecule has 1 saturated carbocycles. The molecule has 82 heavy (non-hydrogen) atoms. The number of hydrogen-bond acceptors (Lipinski definition) is 17. The van der Waals surface area contributed by atoms with Gasteiger partial charge in [-0.3, -0.25) is 19.0 Å². The number of esters is 1. The molecule has 0 spiro atoms. The number of pyridine rings is 1. The third-order valence-corrected chi connectivity index (χ3v) is 15.2. The number of nitrogens with one attached hydrogen (secondary N) is 1. The highest BCUT2D eigenvalue weighted by Gasteiger charge is 2.32. The molecule has 22 nitrogen and oxygen atoms in total. The molecular formula is C60H62N11O11+. The van der Waals surface area contributed by atoms with E-state index in [2.05, 4.69) is 36.1 Å². The summed E-state index contributed by atoms with van der Waals surface area (Å²) in [4.78, 5) is 79.4. The maximum atomic E-state index is 13.6. The molecule has 0 saturated heterocycles. The zero-order chi connectivity index (χ0) is 57.4. The highest BCUT2D eigenvalue weighted by molar-refractivity contribution is 5.98. The minimum atomic E-state index is -0.581. The maximum Gasteiger partial charge on any atom is 0.409 e. The van der Waals surface area contributed by atoms with Gasteiger partial charge >= 0.3 is 18.1 Å². The lowest BCUT2D eigenvalue weighted by atomic mass is 9.82. The number of ether oxygens (including phenoxy) is 5. The average molecular weight is 1110 g/mol. The number of carbonyl (C=O) groups is 5. The van der Waals surface area contributed by atoms with E-state index >= 15 is 0 Å². The normalized spacial score (nSPS) is 15.1. The van der Waals surface area contributed by atoms with E-state index in [0.29, 0.717) is 70.3 Å². The van der Waals surface area contributed by atoms with E-state index in [1.54, 1.807) is 56.7 Å². The molecule has 2 atom stereocenters. The molecule has 10 rings (SSSR count). The number of aryl methyl sites for hydroxylation is 2. The van der Waals surface area contributed by atoms with Crippen molar-refractivity contribution in [3.63, 3.8) is 0 Å². The molecule has 2 aliphatic heterocycles. The Bertz CT molecular complexity index is 3670. The zero-order valence-electron chi connectivity index (χ0n) is 46.0. The zero-order valence-corrected chi connectivity index (χ0v) is 46.0. The van der Waals surface area contributed by atoms with Crippen molar-refractivity contribution >= 4 is 68.8 Å².